The Morgan fingerprint density at radius 3 is 2.52 bits per heavy atom. The van der Waals surface area contributed by atoms with E-state index in [1.807, 2.05) is 51.1 Å². The molecule has 0 fully saturated rings. The molecule has 1 atom stereocenters. The molecule has 0 aliphatic heterocycles. The highest BCUT2D eigenvalue weighted by Crippen LogP contribution is 2.21. The van der Waals surface area contributed by atoms with Crippen molar-refractivity contribution in [2.45, 2.75) is 38.6 Å². The van der Waals surface area contributed by atoms with Crippen molar-refractivity contribution in [3.05, 3.63) is 53.9 Å². The largest absolute Gasteiger partial charge is 0.480 e. The highest BCUT2D eigenvalue weighted by atomic mass is 16.4. The average molecular weight is 339 g/mol. The third-order valence-electron chi connectivity index (χ3n) is 3.84. The van der Waals surface area contributed by atoms with Gasteiger partial charge in [0.15, 0.2) is 11.5 Å². The Morgan fingerprint density at radius 1 is 1.16 bits per heavy atom. The van der Waals surface area contributed by atoms with E-state index in [0.717, 1.165) is 11.4 Å². The van der Waals surface area contributed by atoms with Crippen molar-refractivity contribution in [1.82, 2.24) is 19.8 Å². The molecule has 0 amide bonds. The molecule has 25 heavy (non-hydrogen) atoms. The van der Waals surface area contributed by atoms with E-state index in [2.05, 4.69) is 20.6 Å². The molecule has 2 N–H and O–H groups in total. The SMILES string of the molecule is CC(C)(C)c1nnc2ccc(N[C@@H](Cc3ccccc3)C(=O)O)nn12. The smallest absolute Gasteiger partial charge is 0.326 e. The summed E-state index contributed by atoms with van der Waals surface area (Å²) in [5.41, 5.74) is 1.36. The molecular formula is C18H21N5O2. The Bertz CT molecular complexity index is 883. The Labute approximate surface area is 145 Å². The zero-order valence-corrected chi connectivity index (χ0v) is 14.5. The van der Waals surface area contributed by atoms with Gasteiger partial charge >= 0.3 is 5.97 Å². The molecule has 0 saturated heterocycles. The zero-order chi connectivity index (χ0) is 18.0. The first-order valence-corrected chi connectivity index (χ1v) is 8.11. The number of nitrogens with one attached hydrogen (secondary N) is 1. The van der Waals surface area contributed by atoms with Gasteiger partial charge < -0.3 is 10.4 Å². The molecule has 7 nitrogen and oxygen atoms in total. The number of hydrogen-bond acceptors (Lipinski definition) is 5. The van der Waals surface area contributed by atoms with Crippen LogP contribution in [-0.2, 0) is 16.6 Å². The summed E-state index contributed by atoms with van der Waals surface area (Å²) >= 11 is 0. The zero-order valence-electron chi connectivity index (χ0n) is 14.5. The van der Waals surface area contributed by atoms with Crippen LogP contribution in [0, 0.1) is 0 Å². The number of nitrogens with zero attached hydrogens (tertiary/aromatic N) is 4. The maximum atomic E-state index is 11.6. The lowest BCUT2D eigenvalue weighted by atomic mass is 9.96. The van der Waals surface area contributed by atoms with Crippen LogP contribution in [0.2, 0.25) is 0 Å². The van der Waals surface area contributed by atoms with Gasteiger partial charge in [0.2, 0.25) is 0 Å². The van der Waals surface area contributed by atoms with Crippen LogP contribution in [0.1, 0.15) is 32.2 Å². The third-order valence-corrected chi connectivity index (χ3v) is 3.84. The minimum Gasteiger partial charge on any atom is -0.480 e. The van der Waals surface area contributed by atoms with Crippen LogP contribution in [0.25, 0.3) is 5.65 Å². The lowest BCUT2D eigenvalue weighted by molar-refractivity contribution is -0.137. The molecular weight excluding hydrogens is 318 g/mol. The molecule has 2 heterocycles. The maximum absolute atomic E-state index is 11.6. The molecule has 3 rings (SSSR count). The van der Waals surface area contributed by atoms with Gasteiger partial charge in [-0.05, 0) is 17.7 Å². The second-order valence-corrected chi connectivity index (χ2v) is 6.99. The highest BCUT2D eigenvalue weighted by Gasteiger charge is 2.23. The minimum atomic E-state index is -0.925. The third kappa shape index (κ3) is 3.76. The standard InChI is InChI=1S/C18H21N5O2/c1-18(2,3)17-21-20-15-10-9-14(22-23(15)17)19-13(16(24)25)11-12-7-5-4-6-8-12/h4-10,13H,11H2,1-3H3,(H,19,22)(H,24,25)/t13-/m0/s1. The predicted octanol–water partition coefficient (Wildman–Crippen LogP) is 2.53. The summed E-state index contributed by atoms with van der Waals surface area (Å²) in [5.74, 6) is 0.271. The van der Waals surface area contributed by atoms with Gasteiger partial charge in [-0.15, -0.1) is 15.3 Å². The first-order chi connectivity index (χ1) is 11.8. The van der Waals surface area contributed by atoms with Crippen molar-refractivity contribution < 1.29 is 9.90 Å². The molecule has 7 heteroatoms. The fourth-order valence-electron chi connectivity index (χ4n) is 2.56. The minimum absolute atomic E-state index is 0.221. The Hall–Kier alpha value is -2.96. The van der Waals surface area contributed by atoms with Gasteiger partial charge in [0.1, 0.15) is 11.9 Å². The highest BCUT2D eigenvalue weighted by molar-refractivity contribution is 5.77. The average Bonchev–Trinajstić information content (AvgIpc) is 2.98. The van der Waals surface area contributed by atoms with Gasteiger partial charge in [-0.25, -0.2) is 4.79 Å². The molecule has 2 aromatic heterocycles. The topological polar surface area (TPSA) is 92.4 Å². The maximum Gasteiger partial charge on any atom is 0.326 e. The number of aliphatic carboxylic acids is 1. The molecule has 0 bridgehead atoms. The van der Waals surface area contributed by atoms with Crippen LogP contribution in [0.15, 0.2) is 42.5 Å². The van der Waals surface area contributed by atoms with Gasteiger partial charge in [-0.1, -0.05) is 51.1 Å². The van der Waals surface area contributed by atoms with Crippen LogP contribution < -0.4 is 5.32 Å². The van der Waals surface area contributed by atoms with Gasteiger partial charge in [0.05, 0.1) is 0 Å². The van der Waals surface area contributed by atoms with E-state index in [-0.39, 0.29) is 5.41 Å². The summed E-state index contributed by atoms with van der Waals surface area (Å²) in [6.45, 7) is 6.09. The normalized spacial score (nSPS) is 12.9. The van der Waals surface area contributed by atoms with Crippen molar-refractivity contribution in [1.29, 1.82) is 0 Å². The summed E-state index contributed by atoms with van der Waals surface area (Å²) in [5, 5.41) is 25.3. The quantitative estimate of drug-likeness (QED) is 0.742. The number of carboxylic acids is 1. The van der Waals surface area contributed by atoms with E-state index < -0.39 is 12.0 Å². The van der Waals surface area contributed by atoms with Crippen molar-refractivity contribution in [3.63, 3.8) is 0 Å². The van der Waals surface area contributed by atoms with Crippen molar-refractivity contribution in [2.75, 3.05) is 5.32 Å². The van der Waals surface area contributed by atoms with E-state index >= 15 is 0 Å². The summed E-state index contributed by atoms with van der Waals surface area (Å²) in [7, 11) is 0. The monoisotopic (exact) mass is 339 g/mol. The number of fused-ring (bicyclic) bond motifs is 1. The summed E-state index contributed by atoms with van der Waals surface area (Å²) in [6.07, 6.45) is 0.365. The molecule has 0 unspecified atom stereocenters. The van der Waals surface area contributed by atoms with Crippen molar-refractivity contribution >= 4 is 17.4 Å². The van der Waals surface area contributed by atoms with Gasteiger partial charge in [-0.2, -0.15) is 4.52 Å². The second kappa shape index (κ2) is 6.51. The van der Waals surface area contributed by atoms with E-state index in [9.17, 15) is 9.90 Å². The van der Waals surface area contributed by atoms with Crippen LogP contribution in [0.5, 0.6) is 0 Å². The number of hydrogen-bond donors (Lipinski definition) is 2. The Kier molecular flexibility index (Phi) is 4.39. The van der Waals surface area contributed by atoms with Crippen LogP contribution >= 0.6 is 0 Å². The molecule has 1 aromatic carbocycles. The van der Waals surface area contributed by atoms with E-state index in [4.69, 9.17) is 0 Å². The first-order valence-electron chi connectivity index (χ1n) is 8.11. The summed E-state index contributed by atoms with van der Waals surface area (Å²) in [4.78, 5) is 11.6. The predicted molar refractivity (Wildman–Crippen MR) is 94.7 cm³/mol. The number of rotatable bonds is 5. The fraction of sp³-hybridized carbons (Fsp3) is 0.333. The van der Waals surface area contributed by atoms with Gasteiger partial charge in [0.25, 0.3) is 0 Å². The summed E-state index contributed by atoms with van der Waals surface area (Å²) < 4.78 is 1.66. The Morgan fingerprint density at radius 2 is 1.88 bits per heavy atom. The summed E-state index contributed by atoms with van der Waals surface area (Å²) in [6, 6.07) is 12.2. The molecule has 0 aliphatic carbocycles. The second-order valence-electron chi connectivity index (χ2n) is 6.99. The van der Waals surface area contributed by atoms with Crippen LogP contribution in [0.3, 0.4) is 0 Å². The van der Waals surface area contributed by atoms with Crippen molar-refractivity contribution in [3.8, 4) is 0 Å². The molecule has 0 aliphatic rings. The Balaban J connectivity index is 1.88. The lowest BCUT2D eigenvalue weighted by Gasteiger charge is -2.17. The molecule has 0 radical (unpaired) electrons. The molecule has 0 saturated carbocycles. The molecule has 0 spiro atoms. The number of aromatic nitrogens is 4. The molecule has 3 aromatic rings. The van der Waals surface area contributed by atoms with Gasteiger partial charge in [0, 0.05) is 11.8 Å². The van der Waals surface area contributed by atoms with E-state index in [0.29, 0.717) is 17.9 Å². The number of benzene rings is 1. The van der Waals surface area contributed by atoms with Crippen molar-refractivity contribution in [2.24, 2.45) is 0 Å². The number of carboxylic acid groups (broad SMARTS) is 1. The van der Waals surface area contributed by atoms with Crippen LogP contribution in [-0.4, -0.2) is 36.9 Å². The fourth-order valence-corrected chi connectivity index (χ4v) is 2.56. The molecule has 130 valence electrons. The van der Waals surface area contributed by atoms with Gasteiger partial charge in [-0.3, -0.25) is 0 Å². The van der Waals surface area contributed by atoms with E-state index in [1.54, 1.807) is 16.6 Å². The lowest BCUT2D eigenvalue weighted by Crippen LogP contribution is -2.32. The van der Waals surface area contributed by atoms with E-state index in [1.165, 1.54) is 0 Å². The van der Waals surface area contributed by atoms with Crippen LogP contribution in [0.4, 0.5) is 5.82 Å². The number of carbonyl (C=O) groups is 1. The first kappa shape index (κ1) is 16.9. The number of anilines is 1.